The minimum atomic E-state index is -4.57. The molecule has 5 aromatic rings. The molecule has 394 valence electrons. The molecule has 0 aliphatic carbocycles. The number of H-pyrrole nitrogens is 1. The number of aryl methyl sites for hydroxylation is 1. The van der Waals surface area contributed by atoms with Crippen molar-refractivity contribution in [1.82, 2.24) is 40.6 Å². The van der Waals surface area contributed by atoms with E-state index in [9.17, 15) is 46.7 Å². The number of alkyl halides is 3. The standard InChI is InChI=1S/C54H60F3N11O7/c1-33-29-39(17-18-40(33)53(75)68(32-69)42-19-20-44(70)63-52(42)74)66-27-22-34(23-28-66)9-7-12-45(71)67-26-8-11-41(67)51(73)60-24-6-4-2-3-5-10-37-31-61-49(58)46-47(64-65-48(37)46)35-13-15-36(16-14-35)50(72)62-43-30-38(21-25-59-43)54(55,56)57/h5,10,13-18,21,25,29-32,34,41-42H,2-4,6-9,11-12,19-20,22-24,26-28H2,1H3,(H2,58,61)(H,60,73)(H,64,65)(H,59,62,72)(H,63,70,74)/b10-5+. The summed E-state index contributed by atoms with van der Waals surface area (Å²) < 4.78 is 39.4. The van der Waals surface area contributed by atoms with Gasteiger partial charge < -0.3 is 26.2 Å². The van der Waals surface area contributed by atoms with Gasteiger partial charge >= 0.3 is 6.18 Å². The van der Waals surface area contributed by atoms with Gasteiger partial charge in [0.05, 0.1) is 16.6 Å². The molecule has 3 aliphatic heterocycles. The predicted octanol–water partition coefficient (Wildman–Crippen LogP) is 7.35. The highest BCUT2D eigenvalue weighted by Crippen LogP contribution is 2.34. The van der Waals surface area contributed by atoms with Crippen LogP contribution < -0.4 is 26.6 Å². The van der Waals surface area contributed by atoms with Crippen molar-refractivity contribution in [2.45, 2.75) is 109 Å². The number of aromatic nitrogens is 4. The molecular formula is C54H60F3N11O7. The molecule has 6 heterocycles. The Morgan fingerprint density at radius 2 is 1.72 bits per heavy atom. The number of hydrogen-bond acceptors (Lipinski definition) is 12. The molecule has 3 aromatic heterocycles. The molecule has 7 amide bonds. The number of nitrogens with zero attached hydrogens (tertiary/aromatic N) is 6. The second-order valence-corrected chi connectivity index (χ2v) is 19.3. The van der Waals surface area contributed by atoms with Crippen LogP contribution in [0.1, 0.15) is 121 Å². The number of amides is 7. The summed E-state index contributed by atoms with van der Waals surface area (Å²) in [4.78, 5) is 102. The maximum Gasteiger partial charge on any atom is 0.416 e. The summed E-state index contributed by atoms with van der Waals surface area (Å²) in [5, 5.41) is 15.8. The first-order valence-corrected chi connectivity index (χ1v) is 25.4. The molecule has 2 unspecified atom stereocenters. The molecule has 75 heavy (non-hydrogen) atoms. The van der Waals surface area contributed by atoms with E-state index in [0.717, 1.165) is 105 Å². The van der Waals surface area contributed by atoms with E-state index in [1.54, 1.807) is 36.2 Å². The number of allylic oxidation sites excluding steroid dienone is 1. The lowest BCUT2D eigenvalue weighted by molar-refractivity contribution is -0.139. The molecule has 3 saturated heterocycles. The number of aromatic amines is 1. The third kappa shape index (κ3) is 12.9. The maximum absolute atomic E-state index is 13.4. The Morgan fingerprint density at radius 1 is 0.933 bits per heavy atom. The van der Waals surface area contributed by atoms with Gasteiger partial charge in [0, 0.05) is 79.4 Å². The van der Waals surface area contributed by atoms with Crippen LogP contribution in [0.3, 0.4) is 0 Å². The number of imide groups is 2. The van der Waals surface area contributed by atoms with Crippen molar-refractivity contribution in [3.8, 4) is 11.3 Å². The molecule has 2 atom stereocenters. The normalized spacial score (nSPS) is 17.3. The van der Waals surface area contributed by atoms with Crippen LogP contribution in [-0.4, -0.2) is 110 Å². The second-order valence-electron chi connectivity index (χ2n) is 19.3. The van der Waals surface area contributed by atoms with Crippen LogP contribution in [0.15, 0.2) is 73.1 Å². The van der Waals surface area contributed by atoms with Gasteiger partial charge in [0.1, 0.15) is 29.2 Å². The van der Waals surface area contributed by atoms with Crippen LogP contribution in [0, 0.1) is 12.8 Å². The number of pyridine rings is 2. The van der Waals surface area contributed by atoms with Gasteiger partial charge in [-0.15, -0.1) is 0 Å². The number of carbonyl (C=O) groups excluding carboxylic acids is 7. The molecule has 21 heteroatoms. The molecule has 0 spiro atoms. The number of hydrogen-bond donors (Lipinski definition) is 5. The molecule has 8 rings (SSSR count). The molecule has 0 radical (unpaired) electrons. The quantitative estimate of drug-likeness (QED) is 0.0310. The number of halogens is 3. The smallest absolute Gasteiger partial charge is 0.383 e. The first-order valence-electron chi connectivity index (χ1n) is 25.4. The average Bonchev–Trinajstić information content (AvgIpc) is 4.09. The molecular weight excluding hydrogens is 972 g/mol. The van der Waals surface area contributed by atoms with Crippen molar-refractivity contribution < 1.29 is 46.7 Å². The number of nitrogens with two attached hydrogens (primary N) is 1. The van der Waals surface area contributed by atoms with E-state index in [2.05, 4.69) is 41.0 Å². The van der Waals surface area contributed by atoms with Gasteiger partial charge in [-0.25, -0.2) is 9.97 Å². The SMILES string of the molecule is Cc1cc(N2CCC(CCCC(=O)N3CCCC3C(=O)NCCCCC/C=C/c3cnc(N)c4c(-c5ccc(C(=O)Nc6cc(C(F)(F)F)ccn6)cc5)[nH]nc34)CC2)ccc1C(=O)N(C=O)C1CCC(=O)NC1=O. The zero-order valence-electron chi connectivity index (χ0n) is 41.6. The largest absolute Gasteiger partial charge is 0.416 e. The highest BCUT2D eigenvalue weighted by Gasteiger charge is 2.36. The van der Waals surface area contributed by atoms with Gasteiger partial charge in [0.25, 0.3) is 11.8 Å². The number of carbonyl (C=O) groups is 7. The van der Waals surface area contributed by atoms with Gasteiger partial charge in [0.15, 0.2) is 0 Å². The molecule has 2 aromatic carbocycles. The number of fused-ring (bicyclic) bond motifs is 1. The fourth-order valence-corrected chi connectivity index (χ4v) is 10.1. The summed E-state index contributed by atoms with van der Waals surface area (Å²) in [5.74, 6) is -1.89. The van der Waals surface area contributed by atoms with Crippen LogP contribution in [0.4, 0.5) is 30.5 Å². The lowest BCUT2D eigenvalue weighted by Crippen LogP contribution is -2.53. The highest BCUT2D eigenvalue weighted by atomic mass is 19.4. The molecule has 0 bridgehead atoms. The van der Waals surface area contributed by atoms with Crippen molar-refractivity contribution in [3.05, 3.63) is 101 Å². The van der Waals surface area contributed by atoms with Crippen molar-refractivity contribution in [3.63, 3.8) is 0 Å². The van der Waals surface area contributed by atoms with Crippen LogP contribution >= 0.6 is 0 Å². The number of piperidine rings is 2. The monoisotopic (exact) mass is 1030 g/mol. The fourth-order valence-electron chi connectivity index (χ4n) is 10.1. The van der Waals surface area contributed by atoms with E-state index < -0.39 is 47.5 Å². The molecule has 6 N–H and O–H groups in total. The van der Waals surface area contributed by atoms with E-state index in [4.69, 9.17) is 5.73 Å². The topological polar surface area (TPSA) is 246 Å². The first-order chi connectivity index (χ1) is 36.1. The third-order valence-corrected chi connectivity index (χ3v) is 14.2. The summed E-state index contributed by atoms with van der Waals surface area (Å²) in [6.45, 7) is 4.52. The van der Waals surface area contributed by atoms with Crippen molar-refractivity contribution >= 4 is 76.2 Å². The number of benzene rings is 2. The number of nitrogen functional groups attached to an aromatic ring is 1. The van der Waals surface area contributed by atoms with E-state index in [1.807, 2.05) is 24.3 Å². The first kappa shape index (κ1) is 53.3. The Morgan fingerprint density at radius 3 is 2.45 bits per heavy atom. The van der Waals surface area contributed by atoms with Gasteiger partial charge in [-0.1, -0.05) is 30.7 Å². The zero-order valence-corrected chi connectivity index (χ0v) is 41.6. The summed E-state index contributed by atoms with van der Waals surface area (Å²) >= 11 is 0. The van der Waals surface area contributed by atoms with Crippen molar-refractivity contribution in [1.29, 1.82) is 0 Å². The van der Waals surface area contributed by atoms with Gasteiger partial charge in [-0.05, 0) is 125 Å². The minimum Gasteiger partial charge on any atom is -0.383 e. The number of rotatable bonds is 19. The van der Waals surface area contributed by atoms with E-state index in [-0.39, 0.29) is 41.9 Å². The average molecular weight is 1030 g/mol. The van der Waals surface area contributed by atoms with Gasteiger partial charge in [-0.2, -0.15) is 18.3 Å². The molecule has 3 fully saturated rings. The highest BCUT2D eigenvalue weighted by molar-refractivity contribution is 6.08. The van der Waals surface area contributed by atoms with E-state index >= 15 is 0 Å². The Labute approximate surface area is 431 Å². The van der Waals surface area contributed by atoms with Gasteiger partial charge in [0.2, 0.25) is 30.0 Å². The number of unbranched alkanes of at least 4 members (excludes halogenated alkanes) is 3. The maximum atomic E-state index is 13.4. The van der Waals surface area contributed by atoms with E-state index in [0.29, 0.717) is 71.5 Å². The summed E-state index contributed by atoms with van der Waals surface area (Å²) in [7, 11) is 0. The van der Waals surface area contributed by atoms with Crippen LogP contribution in [-0.2, 0) is 30.1 Å². The lowest BCUT2D eigenvalue weighted by atomic mass is 9.91. The minimum absolute atomic E-state index is 0.0165. The summed E-state index contributed by atoms with van der Waals surface area (Å²) in [5.41, 5.74) is 10.2. The van der Waals surface area contributed by atoms with Crippen LogP contribution in [0.25, 0.3) is 28.2 Å². The van der Waals surface area contributed by atoms with Crippen molar-refractivity contribution in [2.75, 3.05) is 42.1 Å². The molecule has 18 nitrogen and oxygen atoms in total. The van der Waals surface area contributed by atoms with Crippen molar-refractivity contribution in [2.24, 2.45) is 5.92 Å². The summed E-state index contributed by atoms with van der Waals surface area (Å²) in [6, 6.07) is 12.0. The Bertz CT molecular complexity index is 2970. The second kappa shape index (κ2) is 23.9. The third-order valence-electron chi connectivity index (χ3n) is 14.2. The zero-order chi connectivity index (χ0) is 53.2. The van der Waals surface area contributed by atoms with E-state index in [1.165, 1.54) is 12.1 Å². The van der Waals surface area contributed by atoms with Gasteiger partial charge in [-0.3, -0.25) is 48.9 Å². The number of likely N-dealkylation sites (tertiary alicyclic amines) is 1. The number of anilines is 3. The molecule has 0 saturated carbocycles. The predicted molar refractivity (Wildman–Crippen MR) is 275 cm³/mol. The lowest BCUT2D eigenvalue weighted by Gasteiger charge is -2.34. The Hall–Kier alpha value is -7.97. The number of nitrogens with one attached hydrogen (secondary N) is 4. The van der Waals surface area contributed by atoms with Crippen LogP contribution in [0.5, 0.6) is 0 Å². The Kier molecular flexibility index (Phi) is 17.0. The Balaban J connectivity index is 0.720. The fraction of sp³-hybridized carbons (Fsp3) is 0.407. The molecule has 3 aliphatic rings. The summed E-state index contributed by atoms with van der Waals surface area (Å²) in [6.07, 6.45) is 11.2. The van der Waals surface area contributed by atoms with Crippen LogP contribution in [0.2, 0.25) is 0 Å².